The van der Waals surface area contributed by atoms with Gasteiger partial charge in [-0.25, -0.2) is 8.42 Å². The Morgan fingerprint density at radius 2 is 1.78 bits per heavy atom. The summed E-state index contributed by atoms with van der Waals surface area (Å²) in [5, 5.41) is 3.38. The van der Waals surface area contributed by atoms with Crippen LogP contribution in [-0.4, -0.2) is 49.6 Å². The second-order valence-corrected chi connectivity index (χ2v) is 8.35. The first-order valence-corrected chi connectivity index (χ1v) is 9.87. The van der Waals surface area contributed by atoms with Crippen LogP contribution < -0.4 is 5.32 Å². The SMILES string of the molecule is CCN(CC)C1N[C@@H](C)CN1S(=O)(=O)c1ccc(C(C)C)cc1. The number of sulfonamides is 1. The zero-order chi connectivity index (χ0) is 17.2. The fourth-order valence-corrected chi connectivity index (χ4v) is 4.63. The second kappa shape index (κ2) is 7.30. The van der Waals surface area contributed by atoms with Gasteiger partial charge >= 0.3 is 0 Å². The van der Waals surface area contributed by atoms with E-state index in [0.717, 1.165) is 18.7 Å². The van der Waals surface area contributed by atoms with Gasteiger partial charge in [0.15, 0.2) is 0 Å². The van der Waals surface area contributed by atoms with Crippen molar-refractivity contribution < 1.29 is 8.42 Å². The molecule has 0 saturated carbocycles. The number of nitrogens with zero attached hydrogens (tertiary/aromatic N) is 2. The van der Waals surface area contributed by atoms with Gasteiger partial charge in [0.1, 0.15) is 6.29 Å². The Morgan fingerprint density at radius 1 is 1.22 bits per heavy atom. The highest BCUT2D eigenvalue weighted by molar-refractivity contribution is 7.89. The minimum absolute atomic E-state index is 0.144. The summed E-state index contributed by atoms with van der Waals surface area (Å²) in [7, 11) is -3.50. The summed E-state index contributed by atoms with van der Waals surface area (Å²) in [6, 6.07) is 7.43. The van der Waals surface area contributed by atoms with E-state index in [4.69, 9.17) is 0 Å². The smallest absolute Gasteiger partial charge is 0.245 e. The van der Waals surface area contributed by atoms with Crippen LogP contribution in [0.15, 0.2) is 29.2 Å². The third-order valence-corrected chi connectivity index (χ3v) is 6.31. The van der Waals surface area contributed by atoms with Crippen molar-refractivity contribution in [3.63, 3.8) is 0 Å². The number of nitrogens with one attached hydrogen (secondary N) is 1. The van der Waals surface area contributed by atoms with Crippen molar-refractivity contribution in [3.8, 4) is 0 Å². The maximum absolute atomic E-state index is 13.1. The lowest BCUT2D eigenvalue weighted by Crippen LogP contribution is -2.52. The lowest BCUT2D eigenvalue weighted by molar-refractivity contribution is 0.123. The summed E-state index contributed by atoms with van der Waals surface area (Å²) in [6.07, 6.45) is -0.269. The van der Waals surface area contributed by atoms with Crippen LogP contribution in [0.5, 0.6) is 0 Å². The number of benzene rings is 1. The number of hydrogen-bond donors (Lipinski definition) is 1. The summed E-state index contributed by atoms with van der Waals surface area (Å²) in [5.41, 5.74) is 1.15. The Morgan fingerprint density at radius 3 is 2.26 bits per heavy atom. The molecule has 0 aromatic heterocycles. The fraction of sp³-hybridized carbons (Fsp3) is 0.647. The minimum Gasteiger partial charge on any atom is -0.285 e. The van der Waals surface area contributed by atoms with Crippen LogP contribution in [0.1, 0.15) is 46.1 Å². The standard InChI is InChI=1S/C17H29N3O2S/c1-6-19(7-2)17-18-14(5)12-20(17)23(21,22)16-10-8-15(9-11-16)13(3)4/h8-11,13-14,17-18H,6-7,12H2,1-5H3/t14-,17?/m0/s1. The molecule has 2 atom stereocenters. The van der Waals surface area contributed by atoms with E-state index in [1.54, 1.807) is 16.4 Å². The molecule has 0 aliphatic carbocycles. The Bertz CT molecular complexity index is 609. The predicted molar refractivity (Wildman–Crippen MR) is 93.7 cm³/mol. The summed E-state index contributed by atoms with van der Waals surface area (Å²) >= 11 is 0. The lowest BCUT2D eigenvalue weighted by atomic mass is 10.0. The minimum atomic E-state index is -3.50. The van der Waals surface area contributed by atoms with Crippen molar-refractivity contribution in [2.24, 2.45) is 0 Å². The van der Waals surface area contributed by atoms with Gasteiger partial charge in [-0.15, -0.1) is 0 Å². The molecule has 23 heavy (non-hydrogen) atoms. The molecule has 2 rings (SSSR count). The van der Waals surface area contributed by atoms with Crippen molar-refractivity contribution in [1.29, 1.82) is 0 Å². The Hall–Kier alpha value is -0.950. The molecule has 1 heterocycles. The fourth-order valence-electron chi connectivity index (χ4n) is 3.01. The molecule has 1 aliphatic rings. The van der Waals surface area contributed by atoms with Crippen LogP contribution >= 0.6 is 0 Å². The average Bonchev–Trinajstić information content (AvgIpc) is 2.91. The first-order chi connectivity index (χ1) is 10.8. The molecule has 5 nitrogen and oxygen atoms in total. The van der Waals surface area contributed by atoms with E-state index in [2.05, 4.69) is 37.9 Å². The molecule has 0 bridgehead atoms. The van der Waals surface area contributed by atoms with Crippen LogP contribution in [0.25, 0.3) is 0 Å². The summed E-state index contributed by atoms with van der Waals surface area (Å²) in [5.74, 6) is 0.392. The number of rotatable bonds is 6. The van der Waals surface area contributed by atoms with Crippen molar-refractivity contribution in [2.75, 3.05) is 19.6 Å². The first kappa shape index (κ1) is 18.4. The highest BCUT2D eigenvalue weighted by atomic mass is 32.2. The maximum atomic E-state index is 13.1. The molecule has 6 heteroatoms. The average molecular weight is 340 g/mol. The van der Waals surface area contributed by atoms with E-state index in [0.29, 0.717) is 17.4 Å². The third kappa shape index (κ3) is 3.76. The highest BCUT2D eigenvalue weighted by Gasteiger charge is 2.40. The molecule has 1 N–H and O–H groups in total. The van der Waals surface area contributed by atoms with Crippen molar-refractivity contribution in [2.45, 2.75) is 57.8 Å². The van der Waals surface area contributed by atoms with Gasteiger partial charge in [0.25, 0.3) is 0 Å². The molecule has 1 aromatic carbocycles. The van der Waals surface area contributed by atoms with Crippen LogP contribution in [0, 0.1) is 0 Å². The third-order valence-electron chi connectivity index (χ3n) is 4.47. The van der Waals surface area contributed by atoms with Crippen molar-refractivity contribution in [3.05, 3.63) is 29.8 Å². The van der Waals surface area contributed by atoms with E-state index in [-0.39, 0.29) is 12.3 Å². The topological polar surface area (TPSA) is 52.6 Å². The molecule has 0 amide bonds. The van der Waals surface area contributed by atoms with Gasteiger partial charge in [-0.3, -0.25) is 10.2 Å². The van der Waals surface area contributed by atoms with Gasteiger partial charge in [0, 0.05) is 12.6 Å². The molecule has 1 unspecified atom stereocenters. The van der Waals surface area contributed by atoms with Gasteiger partial charge in [0.05, 0.1) is 4.90 Å². The van der Waals surface area contributed by atoms with E-state index >= 15 is 0 Å². The molecule has 130 valence electrons. The Kier molecular flexibility index (Phi) is 5.84. The zero-order valence-corrected chi connectivity index (χ0v) is 15.6. The summed E-state index contributed by atoms with van der Waals surface area (Å²) < 4.78 is 27.7. The lowest BCUT2D eigenvalue weighted by Gasteiger charge is -2.32. The monoisotopic (exact) mass is 339 g/mol. The van der Waals surface area contributed by atoms with E-state index < -0.39 is 10.0 Å². The molecular weight excluding hydrogens is 310 g/mol. The summed E-state index contributed by atoms with van der Waals surface area (Å²) in [6.45, 7) is 12.4. The Labute approximate surface area is 140 Å². The largest absolute Gasteiger partial charge is 0.285 e. The molecule has 1 saturated heterocycles. The zero-order valence-electron chi connectivity index (χ0n) is 14.8. The van der Waals surface area contributed by atoms with Gasteiger partial charge < -0.3 is 0 Å². The molecule has 0 spiro atoms. The van der Waals surface area contributed by atoms with E-state index in [1.807, 2.05) is 19.1 Å². The van der Waals surface area contributed by atoms with Crippen molar-refractivity contribution in [1.82, 2.24) is 14.5 Å². The highest BCUT2D eigenvalue weighted by Crippen LogP contribution is 2.25. The van der Waals surface area contributed by atoms with Gasteiger partial charge in [-0.1, -0.05) is 39.8 Å². The van der Waals surface area contributed by atoms with Gasteiger partial charge in [-0.05, 0) is 43.6 Å². The second-order valence-electron chi connectivity index (χ2n) is 6.46. The van der Waals surface area contributed by atoms with Crippen LogP contribution in [0.3, 0.4) is 0 Å². The van der Waals surface area contributed by atoms with Gasteiger partial charge in [0.2, 0.25) is 10.0 Å². The van der Waals surface area contributed by atoms with E-state index in [9.17, 15) is 8.42 Å². The Balaban J connectivity index is 2.33. The maximum Gasteiger partial charge on any atom is 0.245 e. The van der Waals surface area contributed by atoms with Crippen LogP contribution in [0.2, 0.25) is 0 Å². The van der Waals surface area contributed by atoms with Crippen molar-refractivity contribution >= 4 is 10.0 Å². The molecule has 1 aliphatic heterocycles. The predicted octanol–water partition coefficient (Wildman–Crippen LogP) is 2.42. The van der Waals surface area contributed by atoms with Crippen LogP contribution in [-0.2, 0) is 10.0 Å². The quantitative estimate of drug-likeness (QED) is 0.865. The first-order valence-electron chi connectivity index (χ1n) is 8.43. The normalized spacial score (nSPS) is 23.1. The molecule has 1 aromatic rings. The van der Waals surface area contributed by atoms with Gasteiger partial charge in [-0.2, -0.15) is 4.31 Å². The van der Waals surface area contributed by atoms with Crippen LogP contribution in [0.4, 0.5) is 0 Å². The molecular formula is C17H29N3O2S. The number of hydrogen-bond acceptors (Lipinski definition) is 4. The summed E-state index contributed by atoms with van der Waals surface area (Å²) in [4.78, 5) is 2.50. The molecule has 1 fully saturated rings. The molecule has 0 radical (unpaired) electrons. The van der Waals surface area contributed by atoms with E-state index in [1.165, 1.54) is 0 Å².